The lowest BCUT2D eigenvalue weighted by Crippen LogP contribution is -2.00. The summed E-state index contributed by atoms with van der Waals surface area (Å²) in [6.07, 6.45) is 0. The highest BCUT2D eigenvalue weighted by Crippen LogP contribution is 2.40. The molecule has 0 atom stereocenters. The third-order valence-electron chi connectivity index (χ3n) is 10.5. The van der Waals surface area contributed by atoms with Crippen molar-refractivity contribution < 1.29 is 4.42 Å². The predicted octanol–water partition coefficient (Wildman–Crippen LogP) is 13.1. The lowest BCUT2D eigenvalue weighted by atomic mass is 9.90. The Balaban J connectivity index is 1.11. The van der Waals surface area contributed by atoms with Crippen molar-refractivity contribution in [1.29, 1.82) is 0 Å². The molecule has 0 saturated heterocycles. The molecule has 4 nitrogen and oxygen atoms in total. The van der Waals surface area contributed by atoms with Crippen molar-refractivity contribution >= 4 is 65.0 Å². The lowest BCUT2D eigenvalue weighted by molar-refractivity contribution is 0.669. The summed E-state index contributed by atoms with van der Waals surface area (Å²) in [4.78, 5) is 15.3. The summed E-state index contributed by atoms with van der Waals surface area (Å²) in [5, 5.41) is 12.1. The fraction of sp³-hybridized carbons (Fsp3) is 0. The minimum absolute atomic E-state index is 0.604. The fourth-order valence-electron chi connectivity index (χ4n) is 8.06. The van der Waals surface area contributed by atoms with Crippen LogP contribution in [0.5, 0.6) is 0 Å². The second-order valence-corrected chi connectivity index (χ2v) is 13.5. The van der Waals surface area contributed by atoms with Gasteiger partial charge in [0.1, 0.15) is 11.2 Å². The summed E-state index contributed by atoms with van der Waals surface area (Å²) in [5.74, 6) is 1.84. The number of nitrogens with zero attached hydrogens (tertiary/aromatic N) is 3. The monoisotopic (exact) mass is 675 g/mol. The summed E-state index contributed by atoms with van der Waals surface area (Å²) >= 11 is 0. The van der Waals surface area contributed by atoms with Gasteiger partial charge in [-0.25, -0.2) is 15.0 Å². The Morgan fingerprint density at radius 3 is 1.79 bits per heavy atom. The molecule has 0 amide bonds. The zero-order valence-electron chi connectivity index (χ0n) is 28.5. The van der Waals surface area contributed by atoms with Crippen LogP contribution in [0.25, 0.3) is 110 Å². The van der Waals surface area contributed by atoms with E-state index in [9.17, 15) is 0 Å². The summed E-state index contributed by atoms with van der Waals surface area (Å²) in [6, 6.07) is 61.7. The van der Waals surface area contributed by atoms with Crippen molar-refractivity contribution in [3.8, 4) is 45.3 Å². The van der Waals surface area contributed by atoms with E-state index < -0.39 is 0 Å². The van der Waals surface area contributed by atoms with Crippen molar-refractivity contribution in [3.05, 3.63) is 176 Å². The standard InChI is InChI=1S/C49H29N3O/c1-2-12-32(13-3-1)47-50-48(52-49(51-47)42-20-10-22-44-46(42)41-17-6-7-21-43(41)53-44)34-15-8-14-33(29-34)36-18-9-19-39-38(36)27-25-31-24-26-37-35-16-5-4-11-30(35)23-28-40(37)45(31)39/h1-29H. The molecule has 0 radical (unpaired) electrons. The Labute approximate surface area is 304 Å². The number of para-hydroxylation sites is 1. The first-order chi connectivity index (χ1) is 26.3. The fourth-order valence-corrected chi connectivity index (χ4v) is 8.06. The van der Waals surface area contributed by atoms with Crippen molar-refractivity contribution in [2.75, 3.05) is 0 Å². The predicted molar refractivity (Wildman–Crippen MR) is 219 cm³/mol. The first-order valence-corrected chi connectivity index (χ1v) is 17.9. The van der Waals surface area contributed by atoms with Crippen LogP contribution < -0.4 is 0 Å². The SMILES string of the molecule is c1ccc(-c2nc(-c3cccc(-c4cccc5c4ccc4ccc6c7ccccc7ccc6c45)c3)nc(-c3cccc4oc5ccccc5c34)n2)cc1. The van der Waals surface area contributed by atoms with Gasteiger partial charge in [-0.3, -0.25) is 0 Å². The number of furan rings is 1. The highest BCUT2D eigenvalue weighted by atomic mass is 16.3. The van der Waals surface area contributed by atoms with Gasteiger partial charge in [-0.1, -0.05) is 158 Å². The molecule has 0 N–H and O–H groups in total. The molecule has 53 heavy (non-hydrogen) atoms. The Morgan fingerprint density at radius 2 is 0.887 bits per heavy atom. The number of aromatic nitrogens is 3. The number of fused-ring (bicyclic) bond motifs is 10. The van der Waals surface area contributed by atoms with Crippen molar-refractivity contribution in [1.82, 2.24) is 15.0 Å². The van der Waals surface area contributed by atoms with Crippen LogP contribution in [0.15, 0.2) is 180 Å². The van der Waals surface area contributed by atoms with Gasteiger partial charge in [-0.2, -0.15) is 0 Å². The summed E-state index contributed by atoms with van der Waals surface area (Å²) in [5.41, 5.74) is 6.66. The topological polar surface area (TPSA) is 51.8 Å². The van der Waals surface area contributed by atoms with Gasteiger partial charge in [0, 0.05) is 27.5 Å². The highest BCUT2D eigenvalue weighted by molar-refractivity contribution is 6.26. The zero-order valence-corrected chi connectivity index (χ0v) is 28.5. The first-order valence-electron chi connectivity index (χ1n) is 17.9. The van der Waals surface area contributed by atoms with Gasteiger partial charge in [-0.15, -0.1) is 0 Å². The van der Waals surface area contributed by atoms with E-state index in [0.29, 0.717) is 17.5 Å². The van der Waals surface area contributed by atoms with Gasteiger partial charge in [0.2, 0.25) is 0 Å². The average Bonchev–Trinajstić information content (AvgIpc) is 3.62. The third-order valence-corrected chi connectivity index (χ3v) is 10.5. The number of rotatable bonds is 4. The second-order valence-electron chi connectivity index (χ2n) is 13.5. The van der Waals surface area contributed by atoms with Crippen LogP contribution in [0.3, 0.4) is 0 Å². The van der Waals surface area contributed by atoms with Crippen LogP contribution in [-0.2, 0) is 0 Å². The molecule has 0 aliphatic carbocycles. The van der Waals surface area contributed by atoms with E-state index in [0.717, 1.165) is 49.8 Å². The molecule has 0 saturated carbocycles. The van der Waals surface area contributed by atoms with Gasteiger partial charge >= 0.3 is 0 Å². The molecule has 4 heteroatoms. The lowest BCUT2D eigenvalue weighted by Gasteiger charge is -2.14. The maximum Gasteiger partial charge on any atom is 0.164 e. The van der Waals surface area contributed by atoms with Crippen LogP contribution in [-0.4, -0.2) is 15.0 Å². The molecule has 0 bridgehead atoms. The number of hydrogen-bond acceptors (Lipinski definition) is 4. The van der Waals surface area contributed by atoms with Crippen LogP contribution in [0.4, 0.5) is 0 Å². The largest absolute Gasteiger partial charge is 0.456 e. The van der Waals surface area contributed by atoms with Gasteiger partial charge in [0.25, 0.3) is 0 Å². The molecule has 0 fully saturated rings. The normalized spacial score (nSPS) is 11.8. The minimum atomic E-state index is 0.604. The average molecular weight is 676 g/mol. The molecular formula is C49H29N3O. The molecule has 0 aliphatic heterocycles. The Hall–Kier alpha value is -7.17. The quantitative estimate of drug-likeness (QED) is 0.174. The van der Waals surface area contributed by atoms with Gasteiger partial charge in [0.15, 0.2) is 17.5 Å². The van der Waals surface area contributed by atoms with Gasteiger partial charge in [-0.05, 0) is 72.4 Å². The van der Waals surface area contributed by atoms with Crippen LogP contribution in [0, 0.1) is 0 Å². The number of benzene rings is 9. The summed E-state index contributed by atoms with van der Waals surface area (Å²) in [6.45, 7) is 0. The van der Waals surface area contributed by atoms with Gasteiger partial charge in [0.05, 0.1) is 0 Å². The van der Waals surface area contributed by atoms with E-state index in [1.54, 1.807) is 0 Å². The maximum absolute atomic E-state index is 6.24. The smallest absolute Gasteiger partial charge is 0.164 e. The Kier molecular flexibility index (Phi) is 6.52. The van der Waals surface area contributed by atoms with Crippen molar-refractivity contribution in [2.45, 2.75) is 0 Å². The molecule has 0 unspecified atom stereocenters. The zero-order chi connectivity index (χ0) is 34.9. The minimum Gasteiger partial charge on any atom is -0.456 e. The highest BCUT2D eigenvalue weighted by Gasteiger charge is 2.18. The summed E-state index contributed by atoms with van der Waals surface area (Å²) in [7, 11) is 0. The number of hydrogen-bond donors (Lipinski definition) is 0. The van der Waals surface area contributed by atoms with Crippen LogP contribution in [0.2, 0.25) is 0 Å². The second kappa shape index (κ2) is 11.7. The van der Waals surface area contributed by atoms with E-state index >= 15 is 0 Å². The third kappa shape index (κ3) is 4.73. The van der Waals surface area contributed by atoms with E-state index in [1.165, 1.54) is 43.1 Å². The molecule has 246 valence electrons. The van der Waals surface area contributed by atoms with Crippen molar-refractivity contribution in [2.24, 2.45) is 0 Å². The van der Waals surface area contributed by atoms with E-state index in [2.05, 4.69) is 115 Å². The molecule has 2 heterocycles. The van der Waals surface area contributed by atoms with E-state index in [-0.39, 0.29) is 0 Å². The molecule has 2 aromatic heterocycles. The molecular weight excluding hydrogens is 647 g/mol. The maximum atomic E-state index is 6.24. The van der Waals surface area contributed by atoms with Crippen molar-refractivity contribution in [3.63, 3.8) is 0 Å². The first kappa shape index (κ1) is 29.5. The molecule has 0 aliphatic rings. The van der Waals surface area contributed by atoms with Crippen LogP contribution >= 0.6 is 0 Å². The van der Waals surface area contributed by atoms with E-state index in [4.69, 9.17) is 19.4 Å². The molecule has 11 aromatic rings. The summed E-state index contributed by atoms with van der Waals surface area (Å²) < 4.78 is 6.24. The molecule has 0 spiro atoms. The molecule has 9 aromatic carbocycles. The Bertz CT molecular complexity index is 3240. The molecule has 11 rings (SSSR count). The van der Waals surface area contributed by atoms with E-state index in [1.807, 2.05) is 60.7 Å². The van der Waals surface area contributed by atoms with Gasteiger partial charge < -0.3 is 4.42 Å². The Morgan fingerprint density at radius 1 is 0.302 bits per heavy atom. The van der Waals surface area contributed by atoms with Crippen LogP contribution in [0.1, 0.15) is 0 Å².